The Bertz CT molecular complexity index is 1600. The molecule has 1 fully saturated rings. The highest BCUT2D eigenvalue weighted by atomic mass is 19.1. The van der Waals surface area contributed by atoms with Gasteiger partial charge < -0.3 is 14.9 Å². The van der Waals surface area contributed by atoms with Gasteiger partial charge in [0.05, 0.1) is 18.3 Å². The van der Waals surface area contributed by atoms with Gasteiger partial charge in [-0.1, -0.05) is 19.1 Å². The van der Waals surface area contributed by atoms with E-state index in [2.05, 4.69) is 47.9 Å². The van der Waals surface area contributed by atoms with Crippen LogP contribution < -0.4 is 9.80 Å². The summed E-state index contributed by atoms with van der Waals surface area (Å²) < 4.78 is 16.9. The van der Waals surface area contributed by atoms with Gasteiger partial charge in [0, 0.05) is 68.0 Å². The summed E-state index contributed by atoms with van der Waals surface area (Å²) in [5.41, 5.74) is 4.05. The Balaban J connectivity index is 1.14. The summed E-state index contributed by atoms with van der Waals surface area (Å²) in [6, 6.07) is 8.64. The van der Waals surface area contributed by atoms with Gasteiger partial charge in [0.1, 0.15) is 17.7 Å². The molecule has 0 aliphatic carbocycles. The summed E-state index contributed by atoms with van der Waals surface area (Å²) in [4.78, 5) is 18.4. The minimum absolute atomic E-state index is 0.0782. The van der Waals surface area contributed by atoms with Crippen molar-refractivity contribution in [2.75, 3.05) is 36.0 Å². The van der Waals surface area contributed by atoms with Crippen LogP contribution in [0, 0.1) is 5.82 Å². The first kappa shape index (κ1) is 25.9. The van der Waals surface area contributed by atoms with Gasteiger partial charge in [-0.2, -0.15) is 10.2 Å². The van der Waals surface area contributed by atoms with E-state index in [0.717, 1.165) is 59.8 Å². The second-order valence-electron chi connectivity index (χ2n) is 10.9. The van der Waals surface area contributed by atoms with Crippen molar-refractivity contribution in [3.63, 3.8) is 0 Å². The predicted molar refractivity (Wildman–Crippen MR) is 151 cm³/mol. The highest BCUT2D eigenvalue weighted by molar-refractivity contribution is 5.77. The molecule has 1 aliphatic rings. The lowest BCUT2D eigenvalue weighted by atomic mass is 9.95. The minimum atomic E-state index is -0.842. The lowest BCUT2D eigenvalue weighted by Gasteiger charge is -2.35. The van der Waals surface area contributed by atoms with Crippen LogP contribution >= 0.6 is 0 Å². The quantitative estimate of drug-likeness (QED) is 0.332. The predicted octanol–water partition coefficient (Wildman–Crippen LogP) is 3.77. The highest BCUT2D eigenvalue weighted by Gasteiger charge is 2.23. The summed E-state index contributed by atoms with van der Waals surface area (Å²) >= 11 is 0. The van der Waals surface area contributed by atoms with E-state index in [0.29, 0.717) is 12.5 Å². The maximum Gasteiger partial charge on any atom is 0.225 e. The molecule has 0 saturated carbocycles. The molecule has 1 aliphatic heterocycles. The molecule has 0 radical (unpaired) electrons. The zero-order chi connectivity index (χ0) is 27.9. The number of anilines is 2. The van der Waals surface area contributed by atoms with Crippen LogP contribution in [0.15, 0.2) is 67.6 Å². The molecule has 1 saturated heterocycles. The minimum Gasteiger partial charge on any atom is -0.389 e. The number of hydrogen-bond acceptors (Lipinski definition) is 8. The van der Waals surface area contributed by atoms with Crippen molar-refractivity contribution in [3.8, 4) is 11.1 Å². The van der Waals surface area contributed by atoms with Crippen LogP contribution in [-0.4, -0.2) is 71.2 Å². The maximum atomic E-state index is 13.3. The highest BCUT2D eigenvalue weighted by Crippen LogP contribution is 2.28. The van der Waals surface area contributed by atoms with Crippen molar-refractivity contribution < 1.29 is 9.50 Å². The molecular weight excluding hydrogens is 509 g/mol. The smallest absolute Gasteiger partial charge is 0.225 e. The van der Waals surface area contributed by atoms with Gasteiger partial charge in [-0.05, 0) is 43.2 Å². The zero-order valence-electron chi connectivity index (χ0n) is 22.8. The first-order valence-corrected chi connectivity index (χ1v) is 13.4. The first-order valence-electron chi connectivity index (χ1n) is 13.4. The Morgan fingerprint density at radius 1 is 0.875 bits per heavy atom. The van der Waals surface area contributed by atoms with Gasteiger partial charge in [-0.25, -0.2) is 23.9 Å². The largest absolute Gasteiger partial charge is 0.389 e. The lowest BCUT2D eigenvalue weighted by molar-refractivity contribution is 0.0577. The maximum absolute atomic E-state index is 13.3. The average Bonchev–Trinajstić information content (AvgIpc) is 3.59. The molecular formula is C29H32FN9O. The first-order chi connectivity index (χ1) is 19.2. The van der Waals surface area contributed by atoms with Crippen molar-refractivity contribution in [2.45, 2.75) is 38.8 Å². The molecule has 0 spiro atoms. The third kappa shape index (κ3) is 5.37. The second kappa shape index (κ2) is 10.3. The Morgan fingerprint density at radius 3 is 2.27 bits per heavy atom. The topological polar surface area (TPSA) is 100 Å². The number of rotatable bonds is 7. The normalized spacial score (nSPS) is 15.1. The van der Waals surface area contributed by atoms with Crippen molar-refractivity contribution in [3.05, 3.63) is 84.6 Å². The molecule has 1 aromatic carbocycles. The molecule has 0 bridgehead atoms. The van der Waals surface area contributed by atoms with Gasteiger partial charge in [-0.15, -0.1) is 0 Å². The number of aliphatic hydroxyl groups is 1. The van der Waals surface area contributed by atoms with E-state index in [9.17, 15) is 9.50 Å². The molecule has 4 aromatic heterocycles. The molecule has 40 heavy (non-hydrogen) atoms. The van der Waals surface area contributed by atoms with E-state index >= 15 is 0 Å². The summed E-state index contributed by atoms with van der Waals surface area (Å²) in [5, 5.41) is 18.9. The van der Waals surface area contributed by atoms with E-state index < -0.39 is 5.60 Å². The van der Waals surface area contributed by atoms with E-state index in [4.69, 9.17) is 0 Å². The molecule has 11 heteroatoms. The molecule has 5 heterocycles. The van der Waals surface area contributed by atoms with Gasteiger partial charge >= 0.3 is 0 Å². The van der Waals surface area contributed by atoms with E-state index in [1.54, 1.807) is 43.2 Å². The fraction of sp³-hybridized carbons (Fsp3) is 0.345. The molecule has 1 unspecified atom stereocenters. The molecule has 10 nitrogen and oxygen atoms in total. The Kier molecular flexibility index (Phi) is 6.67. The van der Waals surface area contributed by atoms with Gasteiger partial charge in [-0.3, -0.25) is 4.68 Å². The van der Waals surface area contributed by atoms with Crippen LogP contribution in [0.5, 0.6) is 0 Å². The van der Waals surface area contributed by atoms with E-state index in [1.807, 2.05) is 29.3 Å². The fourth-order valence-corrected chi connectivity index (χ4v) is 5.09. The second-order valence-corrected chi connectivity index (χ2v) is 10.9. The van der Waals surface area contributed by atoms with Gasteiger partial charge in [0.25, 0.3) is 0 Å². The Hall–Kier alpha value is -4.38. The molecule has 1 N–H and O–H groups in total. The number of piperazine rings is 1. The SMILES string of the molecule is CC(c1ccc(F)cc1)c1cnc(N2CCN(c3ncnn4cc(-c5cnn(CC(C)(C)O)c5)cc34)CC2)nc1. The van der Waals surface area contributed by atoms with Gasteiger partial charge in [0.15, 0.2) is 5.82 Å². The monoisotopic (exact) mass is 541 g/mol. The van der Waals surface area contributed by atoms with Crippen LogP contribution in [0.1, 0.15) is 37.8 Å². The van der Waals surface area contributed by atoms with Crippen molar-refractivity contribution in [2.24, 2.45) is 0 Å². The standard InChI is InChI=1S/C29H32FN9O/c1-20(21-4-6-25(30)7-5-21)23-13-31-28(32-14-23)37-10-8-36(9-11-37)27-26-12-22(17-39(26)35-19-33-27)24-15-34-38(16-24)18-29(2,3)40/h4-7,12-17,19-20,40H,8-11,18H2,1-3H3. The van der Waals surface area contributed by atoms with Gasteiger partial charge in [0.2, 0.25) is 5.95 Å². The number of nitrogens with zero attached hydrogens (tertiary/aromatic N) is 9. The summed E-state index contributed by atoms with van der Waals surface area (Å²) in [7, 11) is 0. The lowest BCUT2D eigenvalue weighted by Crippen LogP contribution is -2.47. The van der Waals surface area contributed by atoms with E-state index in [-0.39, 0.29) is 11.7 Å². The Morgan fingerprint density at radius 2 is 1.57 bits per heavy atom. The number of halogens is 1. The molecule has 6 rings (SSSR count). The third-order valence-corrected chi connectivity index (χ3v) is 7.29. The van der Waals surface area contributed by atoms with Crippen LogP contribution in [-0.2, 0) is 6.54 Å². The van der Waals surface area contributed by atoms with E-state index in [1.165, 1.54) is 12.1 Å². The summed E-state index contributed by atoms with van der Waals surface area (Å²) in [5.74, 6) is 1.43. The summed E-state index contributed by atoms with van der Waals surface area (Å²) in [6.45, 7) is 9.08. The fourth-order valence-electron chi connectivity index (χ4n) is 5.09. The van der Waals surface area contributed by atoms with Crippen LogP contribution in [0.2, 0.25) is 0 Å². The van der Waals surface area contributed by atoms with Crippen molar-refractivity contribution in [1.82, 2.24) is 34.3 Å². The third-order valence-electron chi connectivity index (χ3n) is 7.29. The van der Waals surface area contributed by atoms with Crippen molar-refractivity contribution >= 4 is 17.3 Å². The van der Waals surface area contributed by atoms with Crippen molar-refractivity contribution in [1.29, 1.82) is 0 Å². The number of benzene rings is 1. The molecule has 0 amide bonds. The summed E-state index contributed by atoms with van der Waals surface area (Å²) in [6.07, 6.45) is 11.0. The molecule has 1 atom stereocenters. The van der Waals surface area contributed by atoms with Crippen LogP contribution in [0.3, 0.4) is 0 Å². The number of fused-ring (bicyclic) bond motifs is 1. The molecule has 206 valence electrons. The van der Waals surface area contributed by atoms with Crippen LogP contribution in [0.25, 0.3) is 16.6 Å². The zero-order valence-corrected chi connectivity index (χ0v) is 22.8. The average molecular weight is 542 g/mol. The Labute approximate surface area is 231 Å². The van der Waals surface area contributed by atoms with Crippen LogP contribution in [0.4, 0.5) is 16.2 Å². The number of aromatic nitrogens is 7. The molecule has 5 aromatic rings. The number of hydrogen-bond donors (Lipinski definition) is 1.